The summed E-state index contributed by atoms with van der Waals surface area (Å²) >= 11 is 0. The highest BCUT2D eigenvalue weighted by molar-refractivity contribution is 5.92. The van der Waals surface area contributed by atoms with Gasteiger partial charge >= 0.3 is 0 Å². The van der Waals surface area contributed by atoms with E-state index in [0.717, 1.165) is 12.1 Å². The number of primary amides is 1. The summed E-state index contributed by atoms with van der Waals surface area (Å²) in [5, 5.41) is 0. The molecule has 1 amide bonds. The first-order valence-electron chi connectivity index (χ1n) is 6.39. The summed E-state index contributed by atoms with van der Waals surface area (Å²) in [6.45, 7) is 2.01. The van der Waals surface area contributed by atoms with Crippen molar-refractivity contribution in [3.8, 4) is 11.5 Å². The number of carbonyl (C=O) groups excluding carboxylic acids is 1. The number of ether oxygens (including phenoxy) is 1. The fourth-order valence-corrected chi connectivity index (χ4v) is 1.70. The Morgan fingerprint density at radius 3 is 2.35 bits per heavy atom. The van der Waals surface area contributed by atoms with Gasteiger partial charge in [-0.2, -0.15) is 0 Å². The predicted octanol–water partition coefficient (Wildman–Crippen LogP) is 2.38. The van der Waals surface area contributed by atoms with E-state index in [1.807, 2.05) is 19.1 Å². The zero-order chi connectivity index (χ0) is 14.5. The van der Waals surface area contributed by atoms with Gasteiger partial charge in [0.05, 0.1) is 11.9 Å². The van der Waals surface area contributed by atoms with Crippen LogP contribution in [0.25, 0.3) is 0 Å². The second-order valence-corrected chi connectivity index (χ2v) is 4.42. The zero-order valence-electron chi connectivity index (χ0n) is 11.2. The molecular formula is C15H17N3O2. The van der Waals surface area contributed by atoms with Crippen molar-refractivity contribution in [2.24, 2.45) is 11.5 Å². The maximum absolute atomic E-state index is 11.0. The van der Waals surface area contributed by atoms with Gasteiger partial charge in [-0.15, -0.1) is 0 Å². The highest BCUT2D eigenvalue weighted by Gasteiger charge is 2.06. The van der Waals surface area contributed by atoms with Crippen molar-refractivity contribution in [3.05, 3.63) is 53.9 Å². The van der Waals surface area contributed by atoms with Gasteiger partial charge in [0.25, 0.3) is 0 Å². The molecule has 1 heterocycles. The third kappa shape index (κ3) is 3.33. The Kier molecular flexibility index (Phi) is 4.32. The quantitative estimate of drug-likeness (QED) is 0.873. The van der Waals surface area contributed by atoms with Crippen molar-refractivity contribution in [2.75, 3.05) is 0 Å². The third-order valence-electron chi connectivity index (χ3n) is 2.95. The minimum absolute atomic E-state index is 0.0566. The predicted molar refractivity (Wildman–Crippen MR) is 76.5 cm³/mol. The Morgan fingerprint density at radius 1 is 1.20 bits per heavy atom. The number of hydrogen-bond acceptors (Lipinski definition) is 4. The number of aromatic nitrogens is 1. The van der Waals surface area contributed by atoms with Crippen LogP contribution in [0.5, 0.6) is 11.5 Å². The fourth-order valence-electron chi connectivity index (χ4n) is 1.70. The van der Waals surface area contributed by atoms with Gasteiger partial charge in [0.1, 0.15) is 11.5 Å². The van der Waals surface area contributed by atoms with Crippen LogP contribution in [0.2, 0.25) is 0 Å². The summed E-state index contributed by atoms with van der Waals surface area (Å²) in [5.41, 5.74) is 12.3. The van der Waals surface area contributed by atoms with Gasteiger partial charge in [-0.1, -0.05) is 6.92 Å². The van der Waals surface area contributed by atoms with E-state index in [9.17, 15) is 4.79 Å². The van der Waals surface area contributed by atoms with Gasteiger partial charge in [0, 0.05) is 11.6 Å². The van der Waals surface area contributed by atoms with Crippen LogP contribution in [0.15, 0.2) is 42.6 Å². The molecule has 20 heavy (non-hydrogen) atoms. The minimum Gasteiger partial charge on any atom is -0.456 e. The van der Waals surface area contributed by atoms with E-state index in [2.05, 4.69) is 4.98 Å². The topological polar surface area (TPSA) is 91.2 Å². The van der Waals surface area contributed by atoms with Crippen molar-refractivity contribution in [1.82, 2.24) is 4.98 Å². The molecule has 4 N–H and O–H groups in total. The van der Waals surface area contributed by atoms with Crippen LogP contribution in [0.4, 0.5) is 0 Å². The molecule has 1 aromatic heterocycles. The summed E-state index contributed by atoms with van der Waals surface area (Å²) in [7, 11) is 0. The van der Waals surface area contributed by atoms with Gasteiger partial charge in [0.15, 0.2) is 0 Å². The molecule has 0 saturated heterocycles. The zero-order valence-corrected chi connectivity index (χ0v) is 11.2. The summed E-state index contributed by atoms with van der Waals surface area (Å²) < 4.78 is 5.63. The number of hydrogen-bond donors (Lipinski definition) is 2. The Bertz CT molecular complexity index is 579. The van der Waals surface area contributed by atoms with E-state index in [-0.39, 0.29) is 6.04 Å². The third-order valence-corrected chi connectivity index (χ3v) is 2.95. The molecule has 2 aromatic rings. The summed E-state index contributed by atoms with van der Waals surface area (Å²) in [6.07, 6.45) is 2.47. The highest BCUT2D eigenvalue weighted by Crippen LogP contribution is 2.22. The standard InChI is InChI=1S/C15H17N3O2/c1-2-13(16)14-8-7-12(9-18-14)20-11-5-3-10(4-6-11)15(17)19/h3-9,13H,2,16H2,1H3,(H2,17,19). The van der Waals surface area contributed by atoms with Crippen LogP contribution in [0.3, 0.4) is 0 Å². The summed E-state index contributed by atoms with van der Waals surface area (Å²) in [5.74, 6) is 0.768. The smallest absolute Gasteiger partial charge is 0.248 e. The largest absolute Gasteiger partial charge is 0.456 e. The van der Waals surface area contributed by atoms with Gasteiger partial charge in [-0.05, 0) is 42.8 Å². The Labute approximate surface area is 117 Å². The van der Waals surface area contributed by atoms with Crippen molar-refractivity contribution >= 4 is 5.91 Å². The lowest BCUT2D eigenvalue weighted by Gasteiger charge is -2.09. The van der Waals surface area contributed by atoms with Crippen LogP contribution < -0.4 is 16.2 Å². The molecule has 1 atom stereocenters. The number of nitrogens with two attached hydrogens (primary N) is 2. The first-order valence-corrected chi connectivity index (χ1v) is 6.39. The van der Waals surface area contributed by atoms with Crippen LogP contribution in [0, 0.1) is 0 Å². The van der Waals surface area contributed by atoms with Crippen molar-refractivity contribution in [2.45, 2.75) is 19.4 Å². The maximum Gasteiger partial charge on any atom is 0.248 e. The minimum atomic E-state index is -0.462. The average Bonchev–Trinajstić information content (AvgIpc) is 2.48. The number of amides is 1. The van der Waals surface area contributed by atoms with E-state index in [1.165, 1.54) is 0 Å². The normalized spacial score (nSPS) is 11.9. The molecule has 0 fully saturated rings. The molecule has 0 saturated carbocycles. The lowest BCUT2D eigenvalue weighted by atomic mass is 10.1. The molecule has 0 aliphatic carbocycles. The Morgan fingerprint density at radius 2 is 1.85 bits per heavy atom. The van der Waals surface area contributed by atoms with Crippen LogP contribution in [-0.4, -0.2) is 10.9 Å². The van der Waals surface area contributed by atoms with Crippen LogP contribution in [-0.2, 0) is 0 Å². The summed E-state index contributed by atoms with van der Waals surface area (Å²) in [4.78, 5) is 15.2. The van der Waals surface area contributed by atoms with Crippen LogP contribution >= 0.6 is 0 Å². The molecule has 5 heteroatoms. The number of benzene rings is 1. The number of rotatable bonds is 5. The fraction of sp³-hybridized carbons (Fsp3) is 0.200. The second kappa shape index (κ2) is 6.16. The van der Waals surface area contributed by atoms with Gasteiger partial charge < -0.3 is 16.2 Å². The van der Waals surface area contributed by atoms with E-state index < -0.39 is 5.91 Å². The molecule has 5 nitrogen and oxygen atoms in total. The molecule has 1 aromatic carbocycles. The molecule has 1 unspecified atom stereocenters. The molecule has 0 aliphatic rings. The van der Waals surface area contributed by atoms with Gasteiger partial charge in [0.2, 0.25) is 5.91 Å². The Hall–Kier alpha value is -2.40. The number of pyridine rings is 1. The van der Waals surface area contributed by atoms with Crippen molar-refractivity contribution in [3.63, 3.8) is 0 Å². The van der Waals surface area contributed by atoms with E-state index >= 15 is 0 Å². The van der Waals surface area contributed by atoms with Gasteiger partial charge in [-0.3, -0.25) is 9.78 Å². The van der Waals surface area contributed by atoms with Crippen LogP contribution in [0.1, 0.15) is 35.4 Å². The Balaban J connectivity index is 2.08. The van der Waals surface area contributed by atoms with Crippen molar-refractivity contribution in [1.29, 1.82) is 0 Å². The maximum atomic E-state index is 11.0. The summed E-state index contributed by atoms with van der Waals surface area (Å²) in [6, 6.07) is 10.2. The molecular weight excluding hydrogens is 254 g/mol. The average molecular weight is 271 g/mol. The molecule has 0 spiro atoms. The van der Waals surface area contributed by atoms with Crippen molar-refractivity contribution < 1.29 is 9.53 Å². The molecule has 2 rings (SSSR count). The monoisotopic (exact) mass is 271 g/mol. The van der Waals surface area contributed by atoms with Gasteiger partial charge in [-0.25, -0.2) is 0 Å². The lowest BCUT2D eigenvalue weighted by Crippen LogP contribution is -2.10. The lowest BCUT2D eigenvalue weighted by molar-refractivity contribution is 0.100. The molecule has 0 bridgehead atoms. The highest BCUT2D eigenvalue weighted by atomic mass is 16.5. The first kappa shape index (κ1) is 14.0. The van der Waals surface area contributed by atoms with E-state index in [0.29, 0.717) is 17.1 Å². The van der Waals surface area contributed by atoms with E-state index in [1.54, 1.807) is 30.5 Å². The second-order valence-electron chi connectivity index (χ2n) is 4.42. The van der Waals surface area contributed by atoms with E-state index in [4.69, 9.17) is 16.2 Å². The molecule has 104 valence electrons. The molecule has 0 radical (unpaired) electrons. The number of carbonyl (C=O) groups is 1. The number of nitrogens with zero attached hydrogens (tertiary/aromatic N) is 1. The first-order chi connectivity index (χ1) is 9.60. The molecule has 0 aliphatic heterocycles. The SMILES string of the molecule is CCC(N)c1ccc(Oc2ccc(C(N)=O)cc2)cn1.